The monoisotopic (exact) mass is 265 g/mol. The first-order valence-electron chi connectivity index (χ1n) is 4.40. The Hall–Kier alpha value is -1.42. The van der Waals surface area contributed by atoms with Gasteiger partial charge in [-0.05, 0) is 24.3 Å². The number of anilines is 1. The predicted octanol–water partition coefficient (Wildman–Crippen LogP) is 3.31. The van der Waals surface area contributed by atoms with Gasteiger partial charge in [0.2, 0.25) is 0 Å². The Morgan fingerprint density at radius 1 is 1.27 bits per heavy atom. The second-order valence-corrected chi connectivity index (χ2v) is 4.28. The van der Waals surface area contributed by atoms with E-state index in [-0.39, 0.29) is 5.91 Å². The van der Waals surface area contributed by atoms with Crippen LogP contribution in [0.1, 0.15) is 10.4 Å². The molecule has 1 amide bonds. The van der Waals surface area contributed by atoms with Crippen LogP contribution >= 0.6 is 15.9 Å². The molecule has 0 radical (unpaired) electrons. The molecule has 1 N–H and O–H groups in total. The third-order valence-electron chi connectivity index (χ3n) is 2.52. The van der Waals surface area contributed by atoms with E-state index in [2.05, 4.69) is 21.2 Å². The summed E-state index contributed by atoms with van der Waals surface area (Å²) in [7, 11) is 0. The van der Waals surface area contributed by atoms with Crippen LogP contribution in [0.4, 0.5) is 10.1 Å². The Balaban J connectivity index is 2.58. The molecule has 2 aromatic rings. The Morgan fingerprint density at radius 2 is 2.07 bits per heavy atom. The molecule has 0 saturated heterocycles. The van der Waals surface area contributed by atoms with Gasteiger partial charge in [-0.3, -0.25) is 4.79 Å². The fourth-order valence-corrected chi connectivity index (χ4v) is 2.33. The molecule has 2 aromatic carbocycles. The van der Waals surface area contributed by atoms with Gasteiger partial charge in [-0.2, -0.15) is 0 Å². The van der Waals surface area contributed by atoms with Crippen molar-refractivity contribution < 1.29 is 9.18 Å². The fourth-order valence-electron chi connectivity index (χ4n) is 1.89. The predicted molar refractivity (Wildman–Crippen MR) is 59.6 cm³/mol. The van der Waals surface area contributed by atoms with Crippen molar-refractivity contribution in [1.82, 2.24) is 0 Å². The number of rotatable bonds is 0. The van der Waals surface area contributed by atoms with Crippen LogP contribution in [0, 0.1) is 5.82 Å². The Labute approximate surface area is 93.2 Å². The second kappa shape index (κ2) is 2.79. The maximum absolute atomic E-state index is 13.3. The van der Waals surface area contributed by atoms with Crippen LogP contribution in [0.3, 0.4) is 0 Å². The number of amides is 1. The van der Waals surface area contributed by atoms with Crippen molar-refractivity contribution in [2.75, 3.05) is 5.32 Å². The van der Waals surface area contributed by atoms with Gasteiger partial charge in [0.05, 0.1) is 5.56 Å². The molecular formula is C11H5BrFNO. The van der Waals surface area contributed by atoms with Gasteiger partial charge in [0.25, 0.3) is 5.91 Å². The summed E-state index contributed by atoms with van der Waals surface area (Å²) in [4.78, 5) is 11.5. The summed E-state index contributed by atoms with van der Waals surface area (Å²) in [6.07, 6.45) is 0. The number of nitrogens with one attached hydrogen (secondary N) is 1. The molecule has 0 atom stereocenters. The third kappa shape index (κ3) is 1.11. The molecule has 74 valence electrons. The van der Waals surface area contributed by atoms with E-state index in [4.69, 9.17) is 0 Å². The third-order valence-corrected chi connectivity index (χ3v) is 3.21. The SMILES string of the molecule is O=C1Nc2ccc(Br)c3cc(F)cc1c23. The van der Waals surface area contributed by atoms with E-state index in [1.54, 1.807) is 12.1 Å². The molecule has 4 heteroatoms. The minimum atomic E-state index is -0.396. The summed E-state index contributed by atoms with van der Waals surface area (Å²) in [5.74, 6) is -0.639. The van der Waals surface area contributed by atoms with Crippen LogP contribution < -0.4 is 5.32 Å². The molecular weight excluding hydrogens is 261 g/mol. The number of halogens is 2. The van der Waals surface area contributed by atoms with Crippen LogP contribution in [-0.4, -0.2) is 5.91 Å². The zero-order chi connectivity index (χ0) is 10.6. The molecule has 0 aliphatic carbocycles. The highest BCUT2D eigenvalue weighted by Gasteiger charge is 2.23. The molecule has 15 heavy (non-hydrogen) atoms. The smallest absolute Gasteiger partial charge is 0.256 e. The second-order valence-electron chi connectivity index (χ2n) is 3.42. The van der Waals surface area contributed by atoms with E-state index in [9.17, 15) is 9.18 Å². The van der Waals surface area contributed by atoms with Crippen molar-refractivity contribution in [2.24, 2.45) is 0 Å². The lowest BCUT2D eigenvalue weighted by Gasteiger charge is -2.02. The molecule has 0 unspecified atom stereocenters. The van der Waals surface area contributed by atoms with Crippen molar-refractivity contribution >= 4 is 38.3 Å². The van der Waals surface area contributed by atoms with Gasteiger partial charge in [0.15, 0.2) is 0 Å². The molecule has 0 spiro atoms. The average molecular weight is 266 g/mol. The van der Waals surface area contributed by atoms with E-state index in [1.165, 1.54) is 12.1 Å². The normalized spacial score (nSPS) is 13.3. The van der Waals surface area contributed by atoms with E-state index >= 15 is 0 Å². The van der Waals surface area contributed by atoms with Crippen molar-refractivity contribution in [3.05, 3.63) is 40.1 Å². The largest absolute Gasteiger partial charge is 0.321 e. The lowest BCUT2D eigenvalue weighted by molar-refractivity contribution is 0.103. The maximum atomic E-state index is 13.3. The molecule has 1 heterocycles. The molecule has 0 fully saturated rings. The molecule has 0 saturated carbocycles. The van der Waals surface area contributed by atoms with Gasteiger partial charge in [0, 0.05) is 20.9 Å². The van der Waals surface area contributed by atoms with Crippen molar-refractivity contribution in [2.45, 2.75) is 0 Å². The first-order chi connectivity index (χ1) is 7.16. The summed E-state index contributed by atoms with van der Waals surface area (Å²) in [6, 6.07) is 6.29. The van der Waals surface area contributed by atoms with Crippen molar-refractivity contribution in [3.8, 4) is 0 Å². The average Bonchev–Trinajstić information content (AvgIpc) is 2.51. The molecule has 1 aliphatic rings. The standard InChI is InChI=1S/C11H5BrFNO/c12-8-1-2-9-10-6(8)3-5(13)4-7(10)11(15)14-9/h1-4H,(H,14,15). The zero-order valence-corrected chi connectivity index (χ0v) is 9.06. The zero-order valence-electron chi connectivity index (χ0n) is 7.47. The minimum Gasteiger partial charge on any atom is -0.321 e. The van der Waals surface area contributed by atoms with E-state index in [0.29, 0.717) is 5.56 Å². The van der Waals surface area contributed by atoms with Crippen LogP contribution in [-0.2, 0) is 0 Å². The van der Waals surface area contributed by atoms with Crippen LogP contribution in [0.5, 0.6) is 0 Å². The van der Waals surface area contributed by atoms with Gasteiger partial charge in [0.1, 0.15) is 5.82 Å². The lowest BCUT2D eigenvalue weighted by Crippen LogP contribution is -2.04. The Bertz CT molecular complexity index is 609. The summed E-state index contributed by atoms with van der Waals surface area (Å²) < 4.78 is 14.1. The van der Waals surface area contributed by atoms with E-state index < -0.39 is 5.82 Å². The van der Waals surface area contributed by atoms with Crippen LogP contribution in [0.2, 0.25) is 0 Å². The maximum Gasteiger partial charge on any atom is 0.256 e. The minimum absolute atomic E-state index is 0.243. The molecule has 3 rings (SSSR count). The van der Waals surface area contributed by atoms with E-state index in [1.807, 2.05) is 0 Å². The van der Waals surface area contributed by atoms with E-state index in [0.717, 1.165) is 20.9 Å². The molecule has 0 aromatic heterocycles. The fraction of sp³-hybridized carbons (Fsp3) is 0. The van der Waals surface area contributed by atoms with Gasteiger partial charge in [-0.25, -0.2) is 4.39 Å². The number of hydrogen-bond acceptors (Lipinski definition) is 1. The highest BCUT2D eigenvalue weighted by molar-refractivity contribution is 9.10. The highest BCUT2D eigenvalue weighted by atomic mass is 79.9. The first kappa shape index (κ1) is 8.85. The molecule has 1 aliphatic heterocycles. The van der Waals surface area contributed by atoms with Gasteiger partial charge < -0.3 is 5.32 Å². The van der Waals surface area contributed by atoms with Crippen LogP contribution in [0.15, 0.2) is 28.7 Å². The summed E-state index contributed by atoms with van der Waals surface area (Å²) >= 11 is 3.34. The molecule has 2 nitrogen and oxygen atoms in total. The topological polar surface area (TPSA) is 29.1 Å². The highest BCUT2D eigenvalue weighted by Crippen LogP contribution is 2.37. The first-order valence-corrected chi connectivity index (χ1v) is 5.19. The Kier molecular flexibility index (Phi) is 1.65. The van der Waals surface area contributed by atoms with Gasteiger partial charge >= 0.3 is 0 Å². The lowest BCUT2D eigenvalue weighted by atomic mass is 10.1. The number of carbonyl (C=O) groups is 1. The van der Waals surface area contributed by atoms with Crippen molar-refractivity contribution in [1.29, 1.82) is 0 Å². The van der Waals surface area contributed by atoms with Gasteiger partial charge in [-0.15, -0.1) is 0 Å². The van der Waals surface area contributed by atoms with Crippen LogP contribution in [0.25, 0.3) is 10.8 Å². The summed E-state index contributed by atoms with van der Waals surface area (Å²) in [5, 5.41) is 4.21. The number of carbonyl (C=O) groups excluding carboxylic acids is 1. The van der Waals surface area contributed by atoms with Crippen molar-refractivity contribution in [3.63, 3.8) is 0 Å². The number of hydrogen-bond donors (Lipinski definition) is 1. The quantitative estimate of drug-likeness (QED) is 0.778. The summed E-state index contributed by atoms with van der Waals surface area (Å²) in [5.41, 5.74) is 1.15. The van der Waals surface area contributed by atoms with Gasteiger partial charge in [-0.1, -0.05) is 15.9 Å². The number of benzene rings is 2. The molecule has 0 bridgehead atoms. The Morgan fingerprint density at radius 3 is 2.87 bits per heavy atom. The summed E-state index contributed by atoms with van der Waals surface area (Å²) in [6.45, 7) is 0.